The number of pyridine rings is 1. The highest BCUT2D eigenvalue weighted by molar-refractivity contribution is 7.13. The average Bonchev–Trinajstić information content (AvgIpc) is 3.11. The third kappa shape index (κ3) is 3.89. The molecule has 1 aromatic carbocycles. The van der Waals surface area contributed by atoms with Crippen LogP contribution >= 0.6 is 22.9 Å². The highest BCUT2D eigenvalue weighted by atomic mass is 35.5. The van der Waals surface area contributed by atoms with Crippen LogP contribution in [0, 0.1) is 0 Å². The number of aromatic nitrogens is 2. The zero-order valence-electron chi connectivity index (χ0n) is 13.2. The van der Waals surface area contributed by atoms with E-state index in [1.807, 2.05) is 23.6 Å². The Morgan fingerprint density at radius 3 is 2.92 bits per heavy atom. The molecule has 128 valence electrons. The number of anilines is 1. The normalized spacial score (nSPS) is 10.5. The maximum atomic E-state index is 12.3. The van der Waals surface area contributed by atoms with E-state index < -0.39 is 5.97 Å². The van der Waals surface area contributed by atoms with E-state index in [2.05, 4.69) is 9.97 Å². The van der Waals surface area contributed by atoms with Crippen LogP contribution in [0.5, 0.6) is 5.75 Å². The molecule has 0 spiro atoms. The van der Waals surface area contributed by atoms with E-state index in [4.69, 9.17) is 26.8 Å². The lowest BCUT2D eigenvalue weighted by molar-refractivity contribution is 0.0465. The van der Waals surface area contributed by atoms with Crippen molar-refractivity contribution in [3.63, 3.8) is 0 Å². The molecule has 0 aliphatic heterocycles. The van der Waals surface area contributed by atoms with Gasteiger partial charge in [0.15, 0.2) is 0 Å². The molecule has 6 nitrogen and oxygen atoms in total. The number of nitrogens with zero attached hydrogens (tertiary/aromatic N) is 2. The van der Waals surface area contributed by atoms with Crippen molar-refractivity contribution in [3.8, 4) is 16.5 Å². The van der Waals surface area contributed by atoms with E-state index in [0.29, 0.717) is 17.1 Å². The molecule has 0 amide bonds. The SMILES string of the molecule is COc1cc(N)c(Cl)cc1C(=O)OCc1csc(-c2ccccn2)n1. The fourth-order valence-electron chi connectivity index (χ4n) is 2.09. The second kappa shape index (κ2) is 7.50. The molecule has 3 aromatic rings. The van der Waals surface area contributed by atoms with Crippen molar-refractivity contribution < 1.29 is 14.3 Å². The molecule has 0 aliphatic carbocycles. The summed E-state index contributed by atoms with van der Waals surface area (Å²) < 4.78 is 10.5. The van der Waals surface area contributed by atoms with Gasteiger partial charge < -0.3 is 15.2 Å². The number of thiazole rings is 1. The Labute approximate surface area is 153 Å². The molecule has 0 saturated carbocycles. The minimum Gasteiger partial charge on any atom is -0.496 e. The van der Waals surface area contributed by atoms with E-state index in [0.717, 1.165) is 10.7 Å². The van der Waals surface area contributed by atoms with Crippen LogP contribution in [0.2, 0.25) is 5.02 Å². The Hall–Kier alpha value is -2.64. The molecule has 3 rings (SSSR count). The number of rotatable bonds is 5. The highest BCUT2D eigenvalue weighted by Crippen LogP contribution is 2.29. The zero-order valence-corrected chi connectivity index (χ0v) is 14.8. The topological polar surface area (TPSA) is 87.3 Å². The van der Waals surface area contributed by atoms with Gasteiger partial charge in [-0.25, -0.2) is 9.78 Å². The van der Waals surface area contributed by atoms with Gasteiger partial charge in [0, 0.05) is 17.6 Å². The Balaban J connectivity index is 1.71. The molecular formula is C17H14ClN3O3S. The van der Waals surface area contributed by atoms with Crippen LogP contribution in [0.25, 0.3) is 10.7 Å². The summed E-state index contributed by atoms with van der Waals surface area (Å²) in [4.78, 5) is 21.0. The molecule has 0 fully saturated rings. The monoisotopic (exact) mass is 375 g/mol. The number of benzene rings is 1. The number of carbonyl (C=O) groups is 1. The summed E-state index contributed by atoms with van der Waals surface area (Å²) in [6, 6.07) is 8.51. The first-order valence-corrected chi connectivity index (χ1v) is 8.50. The molecule has 0 atom stereocenters. The molecule has 8 heteroatoms. The lowest BCUT2D eigenvalue weighted by Crippen LogP contribution is -2.08. The molecule has 2 N–H and O–H groups in total. The van der Waals surface area contributed by atoms with Crippen molar-refractivity contribution in [2.75, 3.05) is 12.8 Å². The van der Waals surface area contributed by atoms with Gasteiger partial charge in [0.2, 0.25) is 0 Å². The summed E-state index contributed by atoms with van der Waals surface area (Å²) in [5.74, 6) is -0.259. The number of methoxy groups -OCH3 is 1. The van der Waals surface area contributed by atoms with Gasteiger partial charge in [-0.2, -0.15) is 0 Å². The Morgan fingerprint density at radius 1 is 1.36 bits per heavy atom. The first-order chi connectivity index (χ1) is 12.1. The van der Waals surface area contributed by atoms with Gasteiger partial charge in [0.25, 0.3) is 0 Å². The number of nitrogen functional groups attached to an aromatic ring is 1. The quantitative estimate of drug-likeness (QED) is 0.539. The first-order valence-electron chi connectivity index (χ1n) is 7.24. The van der Waals surface area contributed by atoms with E-state index >= 15 is 0 Å². The summed E-state index contributed by atoms with van der Waals surface area (Å²) >= 11 is 7.40. The van der Waals surface area contributed by atoms with Gasteiger partial charge in [-0.05, 0) is 18.2 Å². The molecule has 2 aromatic heterocycles. The molecule has 25 heavy (non-hydrogen) atoms. The van der Waals surface area contributed by atoms with Crippen molar-refractivity contribution in [2.45, 2.75) is 6.61 Å². The van der Waals surface area contributed by atoms with Crippen LogP contribution in [-0.2, 0) is 11.3 Å². The third-order valence-corrected chi connectivity index (χ3v) is 4.57. The largest absolute Gasteiger partial charge is 0.496 e. The highest BCUT2D eigenvalue weighted by Gasteiger charge is 2.17. The fourth-order valence-corrected chi connectivity index (χ4v) is 3.04. The van der Waals surface area contributed by atoms with E-state index in [1.54, 1.807) is 6.20 Å². The second-order valence-corrected chi connectivity index (χ2v) is 6.27. The standard InChI is InChI=1S/C17H14ClN3O3S/c1-23-15-7-13(19)12(18)6-11(15)17(22)24-8-10-9-25-16(21-10)14-4-2-3-5-20-14/h2-7,9H,8,19H2,1H3. The van der Waals surface area contributed by atoms with Gasteiger partial charge in [-0.1, -0.05) is 17.7 Å². The molecule has 0 bridgehead atoms. The molecule has 0 radical (unpaired) electrons. The van der Waals surface area contributed by atoms with Crippen LogP contribution < -0.4 is 10.5 Å². The van der Waals surface area contributed by atoms with Crippen LogP contribution in [0.15, 0.2) is 41.9 Å². The first kappa shape index (κ1) is 17.2. The average molecular weight is 376 g/mol. The smallest absolute Gasteiger partial charge is 0.342 e. The number of ether oxygens (including phenoxy) is 2. The molecule has 2 heterocycles. The van der Waals surface area contributed by atoms with E-state index in [9.17, 15) is 4.79 Å². The fraction of sp³-hybridized carbons (Fsp3) is 0.118. The number of halogens is 1. The maximum Gasteiger partial charge on any atom is 0.342 e. The number of hydrogen-bond acceptors (Lipinski definition) is 7. The third-order valence-electron chi connectivity index (χ3n) is 3.33. The number of esters is 1. The number of nitrogens with two attached hydrogens (primary N) is 1. The van der Waals surface area contributed by atoms with Crippen molar-refractivity contribution in [1.29, 1.82) is 0 Å². The van der Waals surface area contributed by atoms with Crippen molar-refractivity contribution in [2.24, 2.45) is 0 Å². The van der Waals surface area contributed by atoms with Crippen molar-refractivity contribution in [3.05, 3.63) is 58.2 Å². The van der Waals surface area contributed by atoms with Crippen molar-refractivity contribution >= 4 is 34.6 Å². The van der Waals surface area contributed by atoms with Crippen molar-refractivity contribution in [1.82, 2.24) is 9.97 Å². The van der Waals surface area contributed by atoms with Gasteiger partial charge in [-0.15, -0.1) is 11.3 Å². The summed E-state index contributed by atoms with van der Waals surface area (Å²) in [6.45, 7) is 0.0350. The predicted octanol–water partition coefficient (Wildman–Crippen LogP) is 3.81. The molecule has 0 unspecified atom stereocenters. The summed E-state index contributed by atoms with van der Waals surface area (Å²) in [7, 11) is 1.44. The second-order valence-electron chi connectivity index (χ2n) is 5.01. The molecular weight excluding hydrogens is 362 g/mol. The minimum atomic E-state index is -0.564. The Kier molecular flexibility index (Phi) is 5.16. The van der Waals surface area contributed by atoms with Gasteiger partial charge in [0.1, 0.15) is 22.9 Å². The minimum absolute atomic E-state index is 0.0350. The van der Waals surface area contributed by atoms with E-state index in [1.165, 1.54) is 30.6 Å². The summed E-state index contributed by atoms with van der Waals surface area (Å²) in [5.41, 5.74) is 7.66. The molecule has 0 saturated heterocycles. The van der Waals surface area contributed by atoms with Gasteiger partial charge in [-0.3, -0.25) is 4.98 Å². The Morgan fingerprint density at radius 2 is 2.20 bits per heavy atom. The zero-order chi connectivity index (χ0) is 17.8. The predicted molar refractivity (Wildman–Crippen MR) is 96.9 cm³/mol. The maximum absolute atomic E-state index is 12.3. The van der Waals surface area contributed by atoms with Crippen LogP contribution in [-0.4, -0.2) is 23.0 Å². The van der Waals surface area contributed by atoms with Crippen LogP contribution in [0.4, 0.5) is 5.69 Å². The lowest BCUT2D eigenvalue weighted by atomic mass is 10.2. The number of hydrogen-bond donors (Lipinski definition) is 1. The van der Waals surface area contributed by atoms with E-state index in [-0.39, 0.29) is 17.2 Å². The Bertz CT molecular complexity index is 899. The van der Waals surface area contributed by atoms with Gasteiger partial charge >= 0.3 is 5.97 Å². The summed E-state index contributed by atoms with van der Waals surface area (Å²) in [5, 5.41) is 2.85. The lowest BCUT2D eigenvalue weighted by Gasteiger charge is -2.10. The van der Waals surface area contributed by atoms with Crippen LogP contribution in [0.3, 0.4) is 0 Å². The molecule has 0 aliphatic rings. The summed E-state index contributed by atoms with van der Waals surface area (Å²) in [6.07, 6.45) is 1.70. The van der Waals surface area contributed by atoms with Gasteiger partial charge in [0.05, 0.1) is 29.2 Å². The number of carbonyl (C=O) groups excluding carboxylic acids is 1. The van der Waals surface area contributed by atoms with Crippen LogP contribution in [0.1, 0.15) is 16.1 Å².